The molecule has 1 aromatic carbocycles. The van der Waals surface area contributed by atoms with Crippen LogP contribution in [0, 0.1) is 5.82 Å². The molecular weight excluding hydrogens is 415 g/mol. The standard InChI is InChI=1S/C20H18F3N5O3/c1-26(20(30)31)13-8-27(9-13)18(29)10-28-17-5-12(6-24-16(17)7-25-28)11-2-3-15(21)14(4-11)19(22)23/h2-7,13,19H,8-10H2,1H3,(H,30,31). The fourth-order valence-corrected chi connectivity index (χ4v) is 3.42. The van der Waals surface area contributed by atoms with Crippen LogP contribution < -0.4 is 0 Å². The van der Waals surface area contributed by atoms with Gasteiger partial charge in [0.25, 0.3) is 6.43 Å². The molecule has 8 nitrogen and oxygen atoms in total. The molecule has 1 fully saturated rings. The molecule has 3 aromatic rings. The summed E-state index contributed by atoms with van der Waals surface area (Å²) in [7, 11) is 1.46. The minimum Gasteiger partial charge on any atom is -0.465 e. The van der Waals surface area contributed by atoms with Crippen LogP contribution in [-0.2, 0) is 11.3 Å². The Labute approximate surface area is 174 Å². The van der Waals surface area contributed by atoms with Crippen LogP contribution in [0.1, 0.15) is 12.0 Å². The van der Waals surface area contributed by atoms with Gasteiger partial charge in [-0.25, -0.2) is 18.0 Å². The van der Waals surface area contributed by atoms with Crippen LogP contribution in [0.2, 0.25) is 0 Å². The molecule has 0 spiro atoms. The lowest BCUT2D eigenvalue weighted by atomic mass is 10.0. The van der Waals surface area contributed by atoms with E-state index in [2.05, 4.69) is 10.1 Å². The molecule has 3 heterocycles. The zero-order chi connectivity index (χ0) is 22.3. The summed E-state index contributed by atoms with van der Waals surface area (Å²) >= 11 is 0. The number of amides is 2. The summed E-state index contributed by atoms with van der Waals surface area (Å²) in [5.74, 6) is -1.21. The molecule has 0 bridgehead atoms. The summed E-state index contributed by atoms with van der Waals surface area (Å²) in [5, 5.41) is 13.2. The van der Waals surface area contributed by atoms with Gasteiger partial charge in [-0.2, -0.15) is 5.10 Å². The molecule has 0 unspecified atom stereocenters. The molecule has 162 valence electrons. The number of nitrogens with zero attached hydrogens (tertiary/aromatic N) is 5. The molecule has 4 rings (SSSR count). The van der Waals surface area contributed by atoms with Gasteiger partial charge in [0.15, 0.2) is 0 Å². The summed E-state index contributed by atoms with van der Waals surface area (Å²) in [5.41, 5.74) is 1.19. The lowest BCUT2D eigenvalue weighted by Crippen LogP contribution is -2.61. The van der Waals surface area contributed by atoms with Crippen molar-refractivity contribution in [2.45, 2.75) is 19.0 Å². The first-order chi connectivity index (χ1) is 14.7. The maximum atomic E-state index is 13.6. The normalized spacial score (nSPS) is 14.2. The van der Waals surface area contributed by atoms with Crippen molar-refractivity contribution < 1.29 is 27.9 Å². The molecule has 1 N–H and O–H groups in total. The van der Waals surface area contributed by atoms with Gasteiger partial charge in [-0.05, 0) is 23.8 Å². The molecule has 1 aliphatic rings. The summed E-state index contributed by atoms with van der Waals surface area (Å²) in [6.45, 7) is 0.524. The SMILES string of the molecule is CN(C(=O)O)C1CN(C(=O)Cn2ncc3ncc(-c4ccc(F)c(C(F)F)c4)cc32)C1. The Kier molecular flexibility index (Phi) is 5.25. The van der Waals surface area contributed by atoms with Crippen LogP contribution in [-0.4, -0.2) is 67.9 Å². The second-order valence-corrected chi connectivity index (χ2v) is 7.31. The first kappa shape index (κ1) is 20.6. The lowest BCUT2D eigenvalue weighted by molar-refractivity contribution is -0.138. The number of likely N-dealkylation sites (tertiary alicyclic amines) is 1. The van der Waals surface area contributed by atoms with Gasteiger partial charge in [0.05, 0.1) is 23.3 Å². The highest BCUT2D eigenvalue weighted by atomic mass is 19.3. The second-order valence-electron chi connectivity index (χ2n) is 7.31. The number of rotatable bonds is 5. The maximum Gasteiger partial charge on any atom is 0.407 e. The fraction of sp³-hybridized carbons (Fsp3) is 0.300. The molecule has 2 amide bonds. The topological polar surface area (TPSA) is 91.6 Å². The van der Waals surface area contributed by atoms with Crippen LogP contribution in [0.15, 0.2) is 36.7 Å². The van der Waals surface area contributed by atoms with Gasteiger partial charge >= 0.3 is 6.09 Å². The van der Waals surface area contributed by atoms with Crippen molar-refractivity contribution in [3.05, 3.63) is 48.0 Å². The third-order valence-electron chi connectivity index (χ3n) is 5.41. The van der Waals surface area contributed by atoms with E-state index >= 15 is 0 Å². The van der Waals surface area contributed by atoms with Gasteiger partial charge in [-0.3, -0.25) is 14.5 Å². The Morgan fingerprint density at radius 1 is 1.23 bits per heavy atom. The number of halogens is 3. The van der Waals surface area contributed by atoms with E-state index in [1.54, 1.807) is 6.07 Å². The molecule has 0 saturated carbocycles. The zero-order valence-electron chi connectivity index (χ0n) is 16.4. The van der Waals surface area contributed by atoms with Gasteiger partial charge in [0, 0.05) is 31.9 Å². The van der Waals surface area contributed by atoms with Crippen molar-refractivity contribution >= 4 is 23.0 Å². The minimum atomic E-state index is -2.94. The summed E-state index contributed by atoms with van der Waals surface area (Å²) in [4.78, 5) is 30.5. The number of hydrogen-bond donors (Lipinski definition) is 1. The number of fused-ring (bicyclic) bond motifs is 1. The highest BCUT2D eigenvalue weighted by Crippen LogP contribution is 2.29. The number of carboxylic acid groups (broad SMARTS) is 1. The van der Waals surface area contributed by atoms with Crippen LogP contribution in [0.5, 0.6) is 0 Å². The zero-order valence-corrected chi connectivity index (χ0v) is 16.4. The van der Waals surface area contributed by atoms with E-state index < -0.39 is 23.9 Å². The molecule has 0 radical (unpaired) electrons. The number of alkyl halides is 2. The van der Waals surface area contributed by atoms with Crippen molar-refractivity contribution in [3.63, 3.8) is 0 Å². The van der Waals surface area contributed by atoms with Gasteiger partial charge in [0.1, 0.15) is 17.9 Å². The number of likely N-dealkylation sites (N-methyl/N-ethyl adjacent to an activating group) is 1. The summed E-state index contributed by atoms with van der Waals surface area (Å²) in [6.07, 6.45) is -1.04. The minimum absolute atomic E-state index is 0.0795. The first-order valence-corrected chi connectivity index (χ1v) is 9.37. The third-order valence-corrected chi connectivity index (χ3v) is 5.41. The van der Waals surface area contributed by atoms with E-state index in [-0.39, 0.29) is 18.5 Å². The monoisotopic (exact) mass is 433 g/mol. The van der Waals surface area contributed by atoms with Crippen molar-refractivity contribution in [1.29, 1.82) is 0 Å². The summed E-state index contributed by atoms with van der Waals surface area (Å²) in [6, 6.07) is 4.85. The van der Waals surface area contributed by atoms with Gasteiger partial charge in [-0.15, -0.1) is 0 Å². The number of carbonyl (C=O) groups excluding carboxylic acids is 1. The number of benzene rings is 1. The Bertz CT molecular complexity index is 1160. The predicted molar refractivity (Wildman–Crippen MR) is 104 cm³/mol. The molecule has 2 aromatic heterocycles. The quantitative estimate of drug-likeness (QED) is 0.668. The first-order valence-electron chi connectivity index (χ1n) is 9.37. The largest absolute Gasteiger partial charge is 0.465 e. The van der Waals surface area contributed by atoms with E-state index in [9.17, 15) is 22.8 Å². The molecule has 11 heteroatoms. The maximum absolute atomic E-state index is 13.6. The van der Waals surface area contributed by atoms with Gasteiger partial charge in [0.2, 0.25) is 5.91 Å². The Hall–Kier alpha value is -3.63. The Balaban J connectivity index is 1.54. The Morgan fingerprint density at radius 3 is 2.65 bits per heavy atom. The van der Waals surface area contributed by atoms with Crippen LogP contribution in [0.3, 0.4) is 0 Å². The second kappa shape index (κ2) is 7.89. The average Bonchev–Trinajstić information content (AvgIpc) is 3.08. The number of carbonyl (C=O) groups is 2. The van der Waals surface area contributed by atoms with E-state index in [0.29, 0.717) is 35.2 Å². The third kappa shape index (κ3) is 3.90. The van der Waals surface area contributed by atoms with Gasteiger partial charge < -0.3 is 14.9 Å². The lowest BCUT2D eigenvalue weighted by Gasteiger charge is -2.42. The van der Waals surface area contributed by atoms with Crippen molar-refractivity contribution in [1.82, 2.24) is 24.6 Å². The molecule has 1 saturated heterocycles. The molecule has 0 atom stereocenters. The van der Waals surface area contributed by atoms with E-state index in [1.807, 2.05) is 0 Å². The van der Waals surface area contributed by atoms with Crippen LogP contribution >= 0.6 is 0 Å². The fourth-order valence-electron chi connectivity index (χ4n) is 3.42. The van der Waals surface area contributed by atoms with Crippen molar-refractivity contribution in [3.8, 4) is 11.1 Å². The average molecular weight is 433 g/mol. The summed E-state index contributed by atoms with van der Waals surface area (Å²) < 4.78 is 41.1. The van der Waals surface area contributed by atoms with Crippen molar-refractivity contribution in [2.75, 3.05) is 20.1 Å². The van der Waals surface area contributed by atoms with Gasteiger partial charge in [-0.1, -0.05) is 6.07 Å². The van der Waals surface area contributed by atoms with Crippen molar-refractivity contribution in [2.24, 2.45) is 0 Å². The predicted octanol–water partition coefficient (Wildman–Crippen LogP) is 3.00. The highest BCUT2D eigenvalue weighted by molar-refractivity contribution is 5.83. The molecule has 0 aliphatic carbocycles. The number of pyridine rings is 1. The number of aromatic nitrogens is 3. The van der Waals surface area contributed by atoms with E-state index in [0.717, 1.165) is 12.1 Å². The Morgan fingerprint density at radius 2 is 1.97 bits per heavy atom. The number of hydrogen-bond acceptors (Lipinski definition) is 4. The molecule has 31 heavy (non-hydrogen) atoms. The highest BCUT2D eigenvalue weighted by Gasteiger charge is 2.35. The van der Waals surface area contributed by atoms with E-state index in [1.165, 1.54) is 40.0 Å². The molecule has 1 aliphatic heterocycles. The van der Waals surface area contributed by atoms with Crippen LogP contribution in [0.4, 0.5) is 18.0 Å². The smallest absolute Gasteiger partial charge is 0.407 e. The molecular formula is C20H18F3N5O3. The van der Waals surface area contributed by atoms with Crippen LogP contribution in [0.25, 0.3) is 22.2 Å². The van der Waals surface area contributed by atoms with E-state index in [4.69, 9.17) is 5.11 Å².